The summed E-state index contributed by atoms with van der Waals surface area (Å²) in [5.74, 6) is -0.913. The van der Waals surface area contributed by atoms with Gasteiger partial charge in [-0.3, -0.25) is 4.79 Å². The van der Waals surface area contributed by atoms with E-state index in [4.69, 9.17) is 73.1 Å². The van der Waals surface area contributed by atoms with Gasteiger partial charge in [-0.05, 0) is 68.1 Å². The molecule has 14 nitrogen and oxygen atoms in total. The summed E-state index contributed by atoms with van der Waals surface area (Å²) >= 11 is 25.1. The first kappa shape index (κ1) is 39.1. The molecule has 2 aromatic carbocycles. The SMILES string of the molecule is CN(C/C(=N\OC/C(N)=N/O)C(CCN1CCC(N2CCCN(C/C(N)=N/O)C2=O)CC1)c1ccc(Cl)c(Cl)c1)C(=O)c1cc(Cl)cc(Cl)c1. The number of benzene rings is 2. The number of carbonyl (C=O) groups is 2. The van der Waals surface area contributed by atoms with Crippen molar-refractivity contribution in [3.63, 3.8) is 0 Å². The average Bonchev–Trinajstić information content (AvgIpc) is 3.09. The normalized spacial score (nSPS) is 17.6. The van der Waals surface area contributed by atoms with E-state index in [2.05, 4.69) is 20.4 Å². The molecule has 2 fully saturated rings. The molecule has 0 radical (unpaired) electrons. The molecule has 2 aliphatic heterocycles. The fourth-order valence-corrected chi connectivity index (χ4v) is 7.00. The molecule has 0 aliphatic carbocycles. The zero-order valence-corrected chi connectivity index (χ0v) is 30.5. The Labute approximate surface area is 310 Å². The second-order valence-corrected chi connectivity index (χ2v) is 13.9. The van der Waals surface area contributed by atoms with Gasteiger partial charge in [-0.1, -0.05) is 67.9 Å². The first-order chi connectivity index (χ1) is 23.9. The van der Waals surface area contributed by atoms with Crippen LogP contribution in [0.3, 0.4) is 0 Å². The van der Waals surface area contributed by atoms with Gasteiger partial charge in [0, 0.05) is 60.8 Å². The van der Waals surface area contributed by atoms with E-state index in [1.807, 2.05) is 11.0 Å². The second-order valence-electron chi connectivity index (χ2n) is 12.2. The Morgan fingerprint density at radius 2 is 1.66 bits per heavy atom. The number of urea groups is 1. The number of amides is 3. The molecular weight excluding hydrogens is 732 g/mol. The summed E-state index contributed by atoms with van der Waals surface area (Å²) in [6, 6.07) is 9.90. The molecule has 50 heavy (non-hydrogen) atoms. The van der Waals surface area contributed by atoms with E-state index in [0.29, 0.717) is 57.4 Å². The van der Waals surface area contributed by atoms with E-state index in [1.165, 1.54) is 17.0 Å². The highest BCUT2D eigenvalue weighted by Gasteiger charge is 2.34. The number of piperidine rings is 1. The van der Waals surface area contributed by atoms with Crippen molar-refractivity contribution in [3.8, 4) is 0 Å². The zero-order valence-electron chi connectivity index (χ0n) is 27.5. The summed E-state index contributed by atoms with van der Waals surface area (Å²) in [5.41, 5.74) is 12.9. The summed E-state index contributed by atoms with van der Waals surface area (Å²) < 4.78 is 0. The molecule has 2 aromatic rings. The molecule has 2 aliphatic rings. The number of likely N-dealkylation sites (tertiary alicyclic amines) is 1. The van der Waals surface area contributed by atoms with Crippen LogP contribution in [-0.2, 0) is 4.84 Å². The number of oxime groups is 3. The van der Waals surface area contributed by atoms with E-state index >= 15 is 0 Å². The maximum Gasteiger partial charge on any atom is 0.320 e. The van der Waals surface area contributed by atoms with Gasteiger partial charge in [-0.15, -0.1) is 0 Å². The number of amidine groups is 2. The quantitative estimate of drug-likeness (QED) is 0.0894. The van der Waals surface area contributed by atoms with Crippen LogP contribution in [0.5, 0.6) is 0 Å². The van der Waals surface area contributed by atoms with Crippen molar-refractivity contribution >= 4 is 75.7 Å². The van der Waals surface area contributed by atoms with Gasteiger partial charge in [0.05, 0.1) is 28.8 Å². The average molecular weight is 774 g/mol. The number of carbonyl (C=O) groups excluding carboxylic acids is 2. The lowest BCUT2D eigenvalue weighted by Gasteiger charge is -2.43. The van der Waals surface area contributed by atoms with E-state index in [-0.39, 0.29) is 55.3 Å². The van der Waals surface area contributed by atoms with Crippen molar-refractivity contribution in [2.45, 2.75) is 37.6 Å². The molecule has 3 amide bonds. The largest absolute Gasteiger partial charge is 0.409 e. The van der Waals surface area contributed by atoms with E-state index in [0.717, 1.165) is 37.9 Å². The molecule has 1 atom stereocenters. The van der Waals surface area contributed by atoms with E-state index < -0.39 is 0 Å². The standard InChI is InChI=1S/C32H41Cl4N9O5/c1-42(31(46)21-13-22(33)16-23(34)14-21)17-28(41-50-19-30(38)40-49)25(20-3-4-26(35)27(36)15-20)7-12-43-10-5-24(6-11-43)45-9-2-8-44(32(45)47)18-29(37)39-48/h3-4,13-16,24-25,48-49H,2,5-12,17-19H2,1H3,(H2,37,39)(H2,38,40)/b41-28+. The van der Waals surface area contributed by atoms with Gasteiger partial charge in [0.15, 0.2) is 18.3 Å². The maximum absolute atomic E-state index is 13.5. The number of nitrogens with zero attached hydrogens (tertiary/aromatic N) is 7. The van der Waals surface area contributed by atoms with Gasteiger partial charge >= 0.3 is 6.03 Å². The van der Waals surface area contributed by atoms with Gasteiger partial charge in [0.1, 0.15) is 0 Å². The third kappa shape index (κ3) is 10.7. The van der Waals surface area contributed by atoms with Crippen LogP contribution >= 0.6 is 46.4 Å². The van der Waals surface area contributed by atoms with Crippen LogP contribution < -0.4 is 11.5 Å². The third-order valence-electron chi connectivity index (χ3n) is 8.68. The molecule has 0 spiro atoms. The molecule has 6 N–H and O–H groups in total. The maximum atomic E-state index is 13.5. The summed E-state index contributed by atoms with van der Waals surface area (Å²) in [4.78, 5) is 39.5. The highest BCUT2D eigenvalue weighted by Crippen LogP contribution is 2.31. The van der Waals surface area contributed by atoms with Crippen molar-refractivity contribution < 1.29 is 24.8 Å². The molecule has 0 bridgehead atoms. The molecule has 4 rings (SSSR count). The Balaban J connectivity index is 1.52. The lowest BCUT2D eigenvalue weighted by atomic mass is 9.89. The van der Waals surface area contributed by atoms with Crippen LogP contribution in [0.4, 0.5) is 4.79 Å². The zero-order chi connectivity index (χ0) is 36.4. The van der Waals surface area contributed by atoms with Crippen molar-refractivity contribution in [1.29, 1.82) is 0 Å². The molecule has 18 heteroatoms. The van der Waals surface area contributed by atoms with Crippen molar-refractivity contribution in [3.05, 3.63) is 67.6 Å². The Bertz CT molecular complexity index is 1580. The molecule has 272 valence electrons. The van der Waals surface area contributed by atoms with Gasteiger partial charge in [0.25, 0.3) is 5.91 Å². The van der Waals surface area contributed by atoms with Gasteiger partial charge in [-0.25, -0.2) is 4.79 Å². The minimum absolute atomic E-state index is 0.00530. The molecule has 0 saturated carbocycles. The number of rotatable bonds is 14. The van der Waals surface area contributed by atoms with Crippen LogP contribution in [0.15, 0.2) is 51.9 Å². The van der Waals surface area contributed by atoms with Crippen LogP contribution in [-0.4, -0.2) is 125 Å². The van der Waals surface area contributed by atoms with E-state index in [1.54, 1.807) is 30.1 Å². The third-order valence-corrected chi connectivity index (χ3v) is 9.86. The lowest BCUT2D eigenvalue weighted by molar-refractivity contribution is 0.0811. The summed E-state index contributed by atoms with van der Waals surface area (Å²) in [5, 5.41) is 29.7. The van der Waals surface area contributed by atoms with Gasteiger partial charge in [0.2, 0.25) is 0 Å². The van der Waals surface area contributed by atoms with Gasteiger partial charge in [-0.2, -0.15) is 0 Å². The lowest BCUT2D eigenvalue weighted by Crippen LogP contribution is -2.57. The first-order valence-electron chi connectivity index (χ1n) is 16.0. The Morgan fingerprint density at radius 3 is 2.30 bits per heavy atom. The molecule has 0 aromatic heterocycles. The van der Waals surface area contributed by atoms with E-state index in [9.17, 15) is 9.59 Å². The Morgan fingerprint density at radius 1 is 0.980 bits per heavy atom. The van der Waals surface area contributed by atoms with Crippen LogP contribution in [0.2, 0.25) is 20.1 Å². The predicted octanol–water partition coefficient (Wildman–Crippen LogP) is 5.00. The summed E-state index contributed by atoms with van der Waals surface area (Å²) in [7, 11) is 1.63. The minimum Gasteiger partial charge on any atom is -0.409 e. The van der Waals surface area contributed by atoms with Crippen LogP contribution in [0.1, 0.15) is 47.5 Å². The summed E-state index contributed by atoms with van der Waals surface area (Å²) in [6.07, 6.45) is 2.93. The first-order valence-corrected chi connectivity index (χ1v) is 17.5. The predicted molar refractivity (Wildman–Crippen MR) is 195 cm³/mol. The second kappa shape index (κ2) is 18.5. The summed E-state index contributed by atoms with van der Waals surface area (Å²) in [6.45, 7) is 3.23. The Hall–Kier alpha value is -3.69. The monoisotopic (exact) mass is 771 g/mol. The van der Waals surface area contributed by atoms with Crippen LogP contribution in [0, 0.1) is 0 Å². The van der Waals surface area contributed by atoms with Crippen molar-refractivity contribution in [1.82, 2.24) is 19.6 Å². The fourth-order valence-electron chi connectivity index (χ4n) is 6.16. The fraction of sp³-hybridized carbons (Fsp3) is 0.469. The molecule has 2 heterocycles. The smallest absolute Gasteiger partial charge is 0.320 e. The highest BCUT2D eigenvalue weighted by molar-refractivity contribution is 6.42. The highest BCUT2D eigenvalue weighted by atomic mass is 35.5. The van der Waals surface area contributed by atoms with Crippen molar-refractivity contribution in [2.75, 3.05) is 59.5 Å². The number of halogens is 4. The van der Waals surface area contributed by atoms with Crippen molar-refractivity contribution in [2.24, 2.45) is 26.9 Å². The molecular formula is C32H41Cl4N9O5. The number of nitrogens with two attached hydrogens (primary N) is 2. The van der Waals surface area contributed by atoms with Gasteiger partial charge < -0.3 is 46.3 Å². The van der Waals surface area contributed by atoms with Crippen LogP contribution in [0.25, 0.3) is 0 Å². The number of hydrogen-bond acceptors (Lipinski definition) is 9. The minimum atomic E-state index is -0.385. The Kier molecular flexibility index (Phi) is 14.5. The molecule has 2 saturated heterocycles. The number of hydrogen-bond donors (Lipinski definition) is 4. The topological polar surface area (TPSA) is 186 Å². The molecule has 1 unspecified atom stereocenters.